The second-order valence-electron chi connectivity index (χ2n) is 4.58. The van der Waals surface area contributed by atoms with E-state index in [1.807, 2.05) is 0 Å². The molecule has 5 heteroatoms. The number of hydrogen-bond acceptors (Lipinski definition) is 2. The number of hydrogen-bond donors (Lipinski definition) is 2. The van der Waals surface area contributed by atoms with Gasteiger partial charge in [0.25, 0.3) is 6.43 Å². The van der Waals surface area contributed by atoms with Crippen molar-refractivity contribution in [2.75, 3.05) is 0 Å². The van der Waals surface area contributed by atoms with E-state index in [4.69, 9.17) is 5.11 Å². The minimum Gasteiger partial charge on any atom is -0.480 e. The van der Waals surface area contributed by atoms with E-state index in [1.54, 1.807) is 12.1 Å². The van der Waals surface area contributed by atoms with Crippen molar-refractivity contribution < 1.29 is 18.7 Å². The van der Waals surface area contributed by atoms with E-state index in [9.17, 15) is 13.6 Å². The molecule has 2 N–H and O–H groups in total. The van der Waals surface area contributed by atoms with Crippen LogP contribution in [0.3, 0.4) is 0 Å². The van der Waals surface area contributed by atoms with Gasteiger partial charge in [-0.3, -0.25) is 4.79 Å². The molecule has 1 aromatic carbocycles. The van der Waals surface area contributed by atoms with Crippen LogP contribution in [0, 0.1) is 5.92 Å². The molecule has 0 aliphatic heterocycles. The van der Waals surface area contributed by atoms with Gasteiger partial charge in [-0.25, -0.2) is 8.78 Å². The minimum atomic E-state index is -2.50. The second-order valence-corrected chi connectivity index (χ2v) is 4.58. The standard InChI is InChI=1S/C13H15F2NO2/c14-12(15)10-3-1-2-8(6-10)7-16-11(13(17)18)9-4-5-9/h1-3,6,9,11-12,16H,4-5,7H2,(H,17,18). The number of nitrogens with one attached hydrogen (secondary N) is 1. The molecule has 0 aromatic heterocycles. The fourth-order valence-corrected chi connectivity index (χ4v) is 1.95. The zero-order valence-electron chi connectivity index (χ0n) is 9.77. The Balaban J connectivity index is 1.96. The van der Waals surface area contributed by atoms with Crippen molar-refractivity contribution in [1.82, 2.24) is 5.32 Å². The number of benzene rings is 1. The van der Waals surface area contributed by atoms with Crippen molar-refractivity contribution in [2.45, 2.75) is 31.9 Å². The van der Waals surface area contributed by atoms with Crippen LogP contribution in [0.15, 0.2) is 24.3 Å². The van der Waals surface area contributed by atoms with Crippen molar-refractivity contribution >= 4 is 5.97 Å². The molecule has 2 rings (SSSR count). The summed E-state index contributed by atoms with van der Waals surface area (Å²) in [5, 5.41) is 11.9. The molecule has 1 unspecified atom stereocenters. The molecule has 0 bridgehead atoms. The zero-order valence-corrected chi connectivity index (χ0v) is 9.77. The summed E-state index contributed by atoms with van der Waals surface area (Å²) in [5.41, 5.74) is 0.646. The van der Waals surface area contributed by atoms with Gasteiger partial charge in [-0.15, -0.1) is 0 Å². The second kappa shape index (κ2) is 5.44. The maximum absolute atomic E-state index is 12.5. The van der Waals surface area contributed by atoms with Gasteiger partial charge in [0.05, 0.1) is 0 Å². The Morgan fingerprint density at radius 1 is 1.44 bits per heavy atom. The highest BCUT2D eigenvalue weighted by atomic mass is 19.3. The molecule has 1 aromatic rings. The summed E-state index contributed by atoms with van der Waals surface area (Å²) in [6, 6.07) is 5.48. The van der Waals surface area contributed by atoms with E-state index in [-0.39, 0.29) is 11.5 Å². The van der Waals surface area contributed by atoms with Gasteiger partial charge in [-0.05, 0) is 30.4 Å². The quantitative estimate of drug-likeness (QED) is 0.821. The van der Waals surface area contributed by atoms with Gasteiger partial charge >= 0.3 is 5.97 Å². The molecular weight excluding hydrogens is 240 g/mol. The van der Waals surface area contributed by atoms with Crippen LogP contribution < -0.4 is 5.32 Å². The molecule has 1 atom stereocenters. The molecule has 0 spiro atoms. The highest BCUT2D eigenvalue weighted by Gasteiger charge is 2.35. The van der Waals surface area contributed by atoms with E-state index < -0.39 is 18.4 Å². The van der Waals surface area contributed by atoms with Gasteiger partial charge in [-0.1, -0.05) is 18.2 Å². The van der Waals surface area contributed by atoms with E-state index >= 15 is 0 Å². The number of alkyl halides is 2. The molecule has 1 fully saturated rings. The minimum absolute atomic E-state index is 0.0346. The van der Waals surface area contributed by atoms with Crippen molar-refractivity contribution in [3.8, 4) is 0 Å². The van der Waals surface area contributed by atoms with Gasteiger partial charge in [0, 0.05) is 12.1 Å². The van der Waals surface area contributed by atoms with Gasteiger partial charge in [0.15, 0.2) is 0 Å². The normalized spacial score (nSPS) is 16.8. The summed E-state index contributed by atoms with van der Waals surface area (Å²) in [6.45, 7) is 0.300. The molecule has 0 heterocycles. The summed E-state index contributed by atoms with van der Waals surface area (Å²) < 4.78 is 25.0. The SMILES string of the molecule is O=C(O)C(NCc1cccc(C(F)F)c1)C1CC1. The van der Waals surface area contributed by atoms with Crippen molar-refractivity contribution in [3.05, 3.63) is 35.4 Å². The van der Waals surface area contributed by atoms with Gasteiger partial charge < -0.3 is 10.4 Å². The first-order valence-electron chi connectivity index (χ1n) is 5.91. The highest BCUT2D eigenvalue weighted by Crippen LogP contribution is 2.32. The van der Waals surface area contributed by atoms with Crippen LogP contribution in [0.4, 0.5) is 8.78 Å². The van der Waals surface area contributed by atoms with Crippen LogP contribution in [0.2, 0.25) is 0 Å². The molecule has 0 radical (unpaired) electrons. The van der Waals surface area contributed by atoms with Crippen LogP contribution in [-0.4, -0.2) is 17.1 Å². The number of carboxylic acid groups (broad SMARTS) is 1. The lowest BCUT2D eigenvalue weighted by Gasteiger charge is -2.13. The third-order valence-corrected chi connectivity index (χ3v) is 3.09. The maximum atomic E-state index is 12.5. The highest BCUT2D eigenvalue weighted by molar-refractivity contribution is 5.74. The van der Waals surface area contributed by atoms with Gasteiger partial charge in [0.1, 0.15) is 6.04 Å². The molecule has 1 aliphatic rings. The molecule has 0 amide bonds. The van der Waals surface area contributed by atoms with E-state index in [0.29, 0.717) is 12.1 Å². The number of carboxylic acids is 1. The van der Waals surface area contributed by atoms with E-state index in [0.717, 1.165) is 12.8 Å². The Labute approximate surface area is 104 Å². The Kier molecular flexibility index (Phi) is 3.91. The summed E-state index contributed by atoms with van der Waals surface area (Å²) in [5.74, 6) is -0.691. The third-order valence-electron chi connectivity index (χ3n) is 3.09. The summed E-state index contributed by atoms with van der Waals surface area (Å²) in [7, 11) is 0. The number of halogens is 2. The van der Waals surface area contributed by atoms with E-state index in [2.05, 4.69) is 5.32 Å². The molecule has 1 aliphatic carbocycles. The molecule has 98 valence electrons. The summed E-state index contributed by atoms with van der Waals surface area (Å²) in [4.78, 5) is 11.0. The Bertz CT molecular complexity index is 433. The lowest BCUT2D eigenvalue weighted by molar-refractivity contribution is -0.140. The van der Waals surface area contributed by atoms with Crippen LogP contribution in [0.5, 0.6) is 0 Å². The van der Waals surface area contributed by atoms with Crippen molar-refractivity contribution in [1.29, 1.82) is 0 Å². The predicted octanol–water partition coefficient (Wildman–Crippen LogP) is 2.58. The van der Waals surface area contributed by atoms with Crippen LogP contribution in [0.1, 0.15) is 30.4 Å². The average Bonchev–Trinajstić information content (AvgIpc) is 3.13. The molecule has 0 saturated heterocycles. The Morgan fingerprint density at radius 2 is 2.17 bits per heavy atom. The predicted molar refractivity (Wildman–Crippen MR) is 62.4 cm³/mol. The maximum Gasteiger partial charge on any atom is 0.320 e. The van der Waals surface area contributed by atoms with Crippen LogP contribution in [0.25, 0.3) is 0 Å². The number of aliphatic carboxylic acids is 1. The number of rotatable bonds is 6. The third kappa shape index (κ3) is 3.26. The topological polar surface area (TPSA) is 49.3 Å². The first-order chi connectivity index (χ1) is 8.58. The average molecular weight is 255 g/mol. The van der Waals surface area contributed by atoms with Crippen molar-refractivity contribution in [2.24, 2.45) is 5.92 Å². The lowest BCUT2D eigenvalue weighted by atomic mass is 10.1. The van der Waals surface area contributed by atoms with Crippen LogP contribution in [-0.2, 0) is 11.3 Å². The smallest absolute Gasteiger partial charge is 0.320 e. The molecule has 3 nitrogen and oxygen atoms in total. The molecular formula is C13H15F2NO2. The van der Waals surface area contributed by atoms with Crippen molar-refractivity contribution in [3.63, 3.8) is 0 Å². The lowest BCUT2D eigenvalue weighted by Crippen LogP contribution is -2.38. The molecule has 1 saturated carbocycles. The zero-order chi connectivity index (χ0) is 13.1. The Hall–Kier alpha value is -1.49. The first kappa shape index (κ1) is 13.0. The monoisotopic (exact) mass is 255 g/mol. The number of carbonyl (C=O) groups is 1. The summed E-state index contributed by atoms with van der Waals surface area (Å²) in [6.07, 6.45) is -0.661. The fraction of sp³-hybridized carbons (Fsp3) is 0.462. The van der Waals surface area contributed by atoms with Crippen LogP contribution >= 0.6 is 0 Å². The molecule has 18 heavy (non-hydrogen) atoms. The van der Waals surface area contributed by atoms with E-state index in [1.165, 1.54) is 12.1 Å². The first-order valence-corrected chi connectivity index (χ1v) is 5.91. The fourth-order valence-electron chi connectivity index (χ4n) is 1.95. The largest absolute Gasteiger partial charge is 0.480 e. The van der Waals surface area contributed by atoms with Gasteiger partial charge in [0.2, 0.25) is 0 Å². The Morgan fingerprint density at radius 3 is 2.72 bits per heavy atom. The summed E-state index contributed by atoms with van der Waals surface area (Å²) >= 11 is 0. The van der Waals surface area contributed by atoms with Gasteiger partial charge in [-0.2, -0.15) is 0 Å².